The molecule has 0 saturated carbocycles. The quantitative estimate of drug-likeness (QED) is 0.462. The normalized spacial score (nSPS) is 17.0. The Bertz CT molecular complexity index is 1190. The number of hydrogen-bond donors (Lipinski definition) is 4. The molecule has 33 heavy (non-hydrogen) atoms. The Labute approximate surface area is 191 Å². The third-order valence-corrected chi connectivity index (χ3v) is 7.82. The maximum absolute atomic E-state index is 13.0. The summed E-state index contributed by atoms with van der Waals surface area (Å²) in [6.07, 6.45) is 0.871. The van der Waals surface area contributed by atoms with E-state index in [0.29, 0.717) is 25.9 Å². The minimum atomic E-state index is -3.94. The number of rotatable bonds is 6. The smallest absolute Gasteiger partial charge is 0.312 e. The number of phenols is 2. The Kier molecular flexibility index (Phi) is 6.17. The molecule has 0 radical (unpaired) electrons. The van der Waals surface area contributed by atoms with Crippen LogP contribution < -0.4 is 5.32 Å². The lowest BCUT2D eigenvalue weighted by Crippen LogP contribution is -2.43. The summed E-state index contributed by atoms with van der Waals surface area (Å²) < 4.78 is 27.3. The summed E-state index contributed by atoms with van der Waals surface area (Å²) >= 11 is 0. The Hall–Kier alpha value is -3.31. The molecule has 0 bridgehead atoms. The van der Waals surface area contributed by atoms with Crippen molar-refractivity contribution in [1.82, 2.24) is 9.21 Å². The number of likely N-dealkylation sites (tertiary alicyclic amines) is 1. The number of carbonyl (C=O) groups is 2. The van der Waals surface area contributed by atoms with Crippen LogP contribution in [-0.4, -0.2) is 64.0 Å². The standard InChI is InChI=1S/C22H25N3O7S/c26-18-3-4-20(19(27)10-18)33(31,32)25-12-14-1-2-17(9-15(14)13-25)23-16-5-7-24(8-6-16)21(28)11-22(29)30/h1-4,9-10,16,23,26-27H,5-8,11-13H2,(H,29,30). The molecule has 10 nitrogen and oxygen atoms in total. The van der Waals surface area contributed by atoms with E-state index < -0.39 is 28.2 Å². The second-order valence-electron chi connectivity index (χ2n) is 8.28. The molecule has 0 spiro atoms. The van der Waals surface area contributed by atoms with Gasteiger partial charge in [0.1, 0.15) is 22.8 Å². The van der Waals surface area contributed by atoms with Crippen LogP contribution >= 0.6 is 0 Å². The molecule has 0 unspecified atom stereocenters. The van der Waals surface area contributed by atoms with Crippen molar-refractivity contribution in [1.29, 1.82) is 0 Å². The van der Waals surface area contributed by atoms with E-state index in [4.69, 9.17) is 5.11 Å². The monoisotopic (exact) mass is 475 g/mol. The zero-order chi connectivity index (χ0) is 23.8. The highest BCUT2D eigenvalue weighted by Crippen LogP contribution is 2.35. The molecule has 2 aliphatic rings. The Morgan fingerprint density at radius 3 is 2.36 bits per heavy atom. The Morgan fingerprint density at radius 1 is 1.00 bits per heavy atom. The van der Waals surface area contributed by atoms with E-state index in [1.54, 1.807) is 4.90 Å². The number of carbonyl (C=O) groups excluding carboxylic acids is 1. The van der Waals surface area contributed by atoms with E-state index in [9.17, 15) is 28.2 Å². The summed E-state index contributed by atoms with van der Waals surface area (Å²) in [5, 5.41) is 31.6. The van der Waals surface area contributed by atoms with Crippen LogP contribution in [0, 0.1) is 0 Å². The summed E-state index contributed by atoms with van der Waals surface area (Å²) in [6.45, 7) is 1.31. The first-order valence-electron chi connectivity index (χ1n) is 10.5. The van der Waals surface area contributed by atoms with Crippen LogP contribution in [0.2, 0.25) is 0 Å². The fourth-order valence-electron chi connectivity index (χ4n) is 4.24. The molecule has 4 rings (SSSR count). The van der Waals surface area contributed by atoms with Gasteiger partial charge in [-0.05, 0) is 48.2 Å². The van der Waals surface area contributed by atoms with Gasteiger partial charge in [-0.15, -0.1) is 0 Å². The van der Waals surface area contributed by atoms with Crippen molar-refractivity contribution >= 4 is 27.6 Å². The van der Waals surface area contributed by atoms with Crippen molar-refractivity contribution < 1.29 is 33.3 Å². The zero-order valence-corrected chi connectivity index (χ0v) is 18.6. The lowest BCUT2D eigenvalue weighted by Gasteiger charge is -2.32. The molecule has 1 fully saturated rings. The number of hydrogen-bond acceptors (Lipinski definition) is 7. The summed E-state index contributed by atoms with van der Waals surface area (Å²) in [6, 6.07) is 9.18. The van der Waals surface area contributed by atoms with E-state index in [0.717, 1.165) is 22.9 Å². The first-order chi connectivity index (χ1) is 15.6. The lowest BCUT2D eigenvalue weighted by atomic mass is 10.0. The average Bonchev–Trinajstić information content (AvgIpc) is 3.18. The number of nitrogens with one attached hydrogen (secondary N) is 1. The molecule has 0 atom stereocenters. The van der Waals surface area contributed by atoms with E-state index in [2.05, 4.69) is 5.32 Å². The molecular weight excluding hydrogens is 450 g/mol. The van der Waals surface area contributed by atoms with Crippen LogP contribution in [0.25, 0.3) is 0 Å². The lowest BCUT2D eigenvalue weighted by molar-refractivity contribution is -0.144. The molecule has 0 aromatic heterocycles. The van der Waals surface area contributed by atoms with Crippen LogP contribution in [0.1, 0.15) is 30.4 Å². The number of carboxylic acids is 1. The van der Waals surface area contributed by atoms with Crippen LogP contribution in [-0.2, 0) is 32.7 Å². The van der Waals surface area contributed by atoms with Gasteiger partial charge in [0.05, 0.1) is 0 Å². The van der Waals surface area contributed by atoms with Gasteiger partial charge in [-0.2, -0.15) is 4.31 Å². The van der Waals surface area contributed by atoms with Gasteiger partial charge in [-0.3, -0.25) is 9.59 Å². The molecule has 1 amide bonds. The van der Waals surface area contributed by atoms with E-state index in [1.807, 2.05) is 18.2 Å². The third kappa shape index (κ3) is 4.88. The van der Waals surface area contributed by atoms with Gasteiger partial charge in [0.25, 0.3) is 0 Å². The van der Waals surface area contributed by atoms with E-state index in [1.165, 1.54) is 16.4 Å². The Morgan fingerprint density at radius 2 is 1.70 bits per heavy atom. The average molecular weight is 476 g/mol. The van der Waals surface area contributed by atoms with Gasteiger partial charge >= 0.3 is 5.97 Å². The maximum Gasteiger partial charge on any atom is 0.312 e. The first-order valence-corrected chi connectivity index (χ1v) is 12.0. The van der Waals surface area contributed by atoms with Crippen LogP contribution in [0.4, 0.5) is 5.69 Å². The van der Waals surface area contributed by atoms with Gasteiger partial charge in [-0.1, -0.05) is 6.07 Å². The summed E-state index contributed by atoms with van der Waals surface area (Å²) in [4.78, 5) is 23.9. The first kappa shape index (κ1) is 22.9. The number of amides is 1. The summed E-state index contributed by atoms with van der Waals surface area (Å²) in [5.41, 5.74) is 2.57. The third-order valence-electron chi connectivity index (χ3n) is 5.98. The molecule has 4 N–H and O–H groups in total. The van der Waals surface area contributed by atoms with Gasteiger partial charge in [0, 0.05) is 44.0 Å². The van der Waals surface area contributed by atoms with E-state index >= 15 is 0 Å². The number of anilines is 1. The van der Waals surface area contributed by atoms with E-state index in [-0.39, 0.29) is 35.7 Å². The van der Waals surface area contributed by atoms with Crippen LogP contribution in [0.3, 0.4) is 0 Å². The van der Waals surface area contributed by atoms with Crippen molar-refractivity contribution in [2.75, 3.05) is 18.4 Å². The van der Waals surface area contributed by atoms with Crippen molar-refractivity contribution in [3.05, 3.63) is 47.5 Å². The highest BCUT2D eigenvalue weighted by molar-refractivity contribution is 7.89. The van der Waals surface area contributed by atoms with Crippen molar-refractivity contribution in [2.45, 2.75) is 43.3 Å². The van der Waals surface area contributed by atoms with Crippen LogP contribution in [0.15, 0.2) is 41.3 Å². The van der Waals surface area contributed by atoms with Crippen molar-refractivity contribution in [3.63, 3.8) is 0 Å². The number of benzene rings is 2. The SMILES string of the molecule is O=C(O)CC(=O)N1CCC(Nc2ccc3c(c2)CN(S(=O)(=O)c2ccc(O)cc2O)C3)CC1. The highest BCUT2D eigenvalue weighted by Gasteiger charge is 2.33. The minimum absolute atomic E-state index is 0.118. The largest absolute Gasteiger partial charge is 0.508 e. The second kappa shape index (κ2) is 8.91. The zero-order valence-electron chi connectivity index (χ0n) is 17.8. The maximum atomic E-state index is 13.0. The van der Waals surface area contributed by atoms with Gasteiger partial charge in [0.15, 0.2) is 0 Å². The van der Waals surface area contributed by atoms with Crippen LogP contribution in [0.5, 0.6) is 11.5 Å². The highest BCUT2D eigenvalue weighted by atomic mass is 32.2. The topological polar surface area (TPSA) is 147 Å². The number of nitrogens with zero attached hydrogens (tertiary/aromatic N) is 2. The fourth-order valence-corrected chi connectivity index (χ4v) is 5.70. The Balaban J connectivity index is 1.39. The molecular formula is C22H25N3O7S. The fraction of sp³-hybridized carbons (Fsp3) is 0.364. The molecule has 11 heteroatoms. The predicted molar refractivity (Wildman–Crippen MR) is 118 cm³/mol. The number of phenolic OH excluding ortho intramolecular Hbond substituents is 2. The second-order valence-corrected chi connectivity index (χ2v) is 10.2. The van der Waals surface area contributed by atoms with Gasteiger partial charge in [0.2, 0.25) is 15.9 Å². The number of carboxylic acid groups (broad SMARTS) is 1. The molecule has 176 valence electrons. The molecule has 0 aliphatic carbocycles. The number of sulfonamides is 1. The molecule has 2 heterocycles. The number of fused-ring (bicyclic) bond motifs is 1. The molecule has 1 saturated heterocycles. The molecule has 2 aromatic rings. The molecule has 2 aromatic carbocycles. The summed E-state index contributed by atoms with van der Waals surface area (Å²) in [5.74, 6) is -2.22. The summed E-state index contributed by atoms with van der Waals surface area (Å²) in [7, 11) is -3.94. The van der Waals surface area contributed by atoms with Gasteiger partial charge < -0.3 is 25.5 Å². The predicted octanol–water partition coefficient (Wildman–Crippen LogP) is 1.68. The van der Waals surface area contributed by atoms with Crippen molar-refractivity contribution in [2.24, 2.45) is 0 Å². The minimum Gasteiger partial charge on any atom is -0.508 e. The van der Waals surface area contributed by atoms with Gasteiger partial charge in [-0.25, -0.2) is 8.42 Å². The van der Waals surface area contributed by atoms with Crippen molar-refractivity contribution in [3.8, 4) is 11.5 Å². The molecule has 2 aliphatic heterocycles. The number of aliphatic carboxylic acids is 1. The number of piperidine rings is 1. The number of aromatic hydroxyl groups is 2.